The molecule has 0 fully saturated rings. The quantitative estimate of drug-likeness (QED) is 0.233. The highest BCUT2D eigenvalue weighted by Crippen LogP contribution is 2.24. The number of nitrogens with one attached hydrogen (secondary N) is 3. The number of anilines is 1. The van der Waals surface area contributed by atoms with E-state index in [4.69, 9.17) is 22.7 Å². The molecule has 0 saturated heterocycles. The molecule has 0 bridgehead atoms. The highest BCUT2D eigenvalue weighted by atomic mass is 32.1. The van der Waals surface area contributed by atoms with Gasteiger partial charge in [-0.25, -0.2) is 9.78 Å². The van der Waals surface area contributed by atoms with E-state index in [1.165, 1.54) is 11.3 Å². The molecule has 5 N–H and O–H groups in total. The van der Waals surface area contributed by atoms with Gasteiger partial charge in [0.25, 0.3) is 0 Å². The van der Waals surface area contributed by atoms with Crippen LogP contribution in [0.25, 0.3) is 11.3 Å². The lowest BCUT2D eigenvalue weighted by Crippen LogP contribution is -2.44. The van der Waals surface area contributed by atoms with Crippen molar-refractivity contribution in [1.82, 2.24) is 15.6 Å². The number of thiocarbonyl (C=S) groups is 1. The molecule has 1 atom stereocenters. The summed E-state index contributed by atoms with van der Waals surface area (Å²) < 4.78 is 5.29. The Morgan fingerprint density at radius 2 is 1.76 bits per heavy atom. The van der Waals surface area contributed by atoms with Crippen molar-refractivity contribution in [2.75, 3.05) is 11.9 Å². The maximum atomic E-state index is 13.0. The van der Waals surface area contributed by atoms with Crippen LogP contribution in [0.4, 0.5) is 9.93 Å². The number of amides is 2. The van der Waals surface area contributed by atoms with Crippen LogP contribution in [0.3, 0.4) is 0 Å². The van der Waals surface area contributed by atoms with E-state index in [0.29, 0.717) is 24.5 Å². The van der Waals surface area contributed by atoms with Crippen molar-refractivity contribution < 1.29 is 14.3 Å². The number of benzene rings is 2. The van der Waals surface area contributed by atoms with E-state index in [-0.39, 0.29) is 17.6 Å². The van der Waals surface area contributed by atoms with Crippen LogP contribution < -0.4 is 21.7 Å². The number of alkyl carbamates (subject to hydrolysis) is 1. The first-order chi connectivity index (χ1) is 16.5. The Morgan fingerprint density at radius 1 is 1.06 bits per heavy atom. The van der Waals surface area contributed by atoms with Gasteiger partial charge in [0.15, 0.2) is 10.2 Å². The van der Waals surface area contributed by atoms with E-state index in [9.17, 15) is 9.59 Å². The van der Waals surface area contributed by atoms with Crippen molar-refractivity contribution in [2.24, 2.45) is 5.73 Å². The predicted molar refractivity (Wildman–Crippen MR) is 138 cm³/mol. The van der Waals surface area contributed by atoms with Crippen LogP contribution in [0.1, 0.15) is 24.8 Å². The summed E-state index contributed by atoms with van der Waals surface area (Å²) in [6.07, 6.45) is 1.16. The standard InChI is InChI=1S/C24H27N5O3S2/c25-22(33)26-14-8-7-13-19(28-24(31)32-15-17-9-3-1-4-10-17)21(30)29-23-27-20(16-34-23)18-11-5-2-6-12-18/h1-6,9-12,16,19H,7-8,13-15H2,(H,28,31)(H3,25,26,33)(H,27,29,30)/t19-/m0/s1. The average molecular weight is 498 g/mol. The number of carbonyl (C=O) groups is 2. The van der Waals surface area contributed by atoms with Crippen LogP contribution in [-0.4, -0.2) is 34.7 Å². The number of nitrogens with zero attached hydrogens (tertiary/aromatic N) is 1. The second-order valence-corrected chi connectivity index (χ2v) is 8.74. The third kappa shape index (κ3) is 8.45. The molecule has 34 heavy (non-hydrogen) atoms. The van der Waals surface area contributed by atoms with Gasteiger partial charge in [0, 0.05) is 17.5 Å². The summed E-state index contributed by atoms with van der Waals surface area (Å²) in [6.45, 7) is 0.709. The SMILES string of the molecule is NC(=S)NCCCC[C@H](NC(=O)OCc1ccccc1)C(=O)Nc1nc(-c2ccccc2)cs1. The lowest BCUT2D eigenvalue weighted by Gasteiger charge is -2.18. The fourth-order valence-electron chi connectivity index (χ4n) is 3.13. The number of rotatable bonds is 11. The van der Waals surface area contributed by atoms with Gasteiger partial charge in [-0.3, -0.25) is 4.79 Å². The number of ether oxygens (including phenoxy) is 1. The van der Waals surface area contributed by atoms with Crippen molar-refractivity contribution in [3.05, 3.63) is 71.6 Å². The van der Waals surface area contributed by atoms with E-state index >= 15 is 0 Å². The smallest absolute Gasteiger partial charge is 0.408 e. The maximum absolute atomic E-state index is 13.0. The molecule has 0 spiro atoms. The minimum Gasteiger partial charge on any atom is -0.445 e. The van der Waals surface area contributed by atoms with Gasteiger partial charge in [0.05, 0.1) is 5.69 Å². The molecule has 8 nitrogen and oxygen atoms in total. The minimum absolute atomic E-state index is 0.117. The third-order valence-electron chi connectivity index (χ3n) is 4.84. The molecule has 0 radical (unpaired) electrons. The minimum atomic E-state index is -0.780. The first-order valence-electron chi connectivity index (χ1n) is 10.8. The molecule has 3 rings (SSSR count). The van der Waals surface area contributed by atoms with Crippen LogP contribution >= 0.6 is 23.6 Å². The summed E-state index contributed by atoms with van der Waals surface area (Å²) >= 11 is 6.12. The zero-order valence-electron chi connectivity index (χ0n) is 18.5. The number of unbranched alkanes of at least 4 members (excludes halogenated alkanes) is 1. The van der Waals surface area contributed by atoms with Gasteiger partial charge in [0.1, 0.15) is 12.6 Å². The van der Waals surface area contributed by atoms with Gasteiger partial charge in [-0.2, -0.15) is 0 Å². The second-order valence-electron chi connectivity index (χ2n) is 7.44. The Kier molecular flexibility index (Phi) is 9.80. The molecular weight excluding hydrogens is 470 g/mol. The zero-order valence-corrected chi connectivity index (χ0v) is 20.2. The summed E-state index contributed by atoms with van der Waals surface area (Å²) in [7, 11) is 0. The van der Waals surface area contributed by atoms with Gasteiger partial charge < -0.3 is 26.4 Å². The van der Waals surface area contributed by atoms with E-state index in [2.05, 4.69) is 20.9 Å². The van der Waals surface area contributed by atoms with Gasteiger partial charge in [-0.1, -0.05) is 60.7 Å². The number of hydrogen-bond acceptors (Lipinski definition) is 6. The monoisotopic (exact) mass is 497 g/mol. The van der Waals surface area contributed by atoms with E-state index < -0.39 is 12.1 Å². The largest absolute Gasteiger partial charge is 0.445 e. The molecule has 2 amide bonds. The van der Waals surface area contributed by atoms with Crippen molar-refractivity contribution in [3.8, 4) is 11.3 Å². The van der Waals surface area contributed by atoms with Crippen LogP contribution in [0.2, 0.25) is 0 Å². The van der Waals surface area contributed by atoms with Crippen LogP contribution in [0.15, 0.2) is 66.0 Å². The number of thiazole rings is 1. The van der Waals surface area contributed by atoms with Gasteiger partial charge in [-0.15, -0.1) is 11.3 Å². The zero-order chi connectivity index (χ0) is 24.2. The maximum Gasteiger partial charge on any atom is 0.408 e. The van der Waals surface area contributed by atoms with Gasteiger partial charge in [-0.05, 0) is 37.0 Å². The Balaban J connectivity index is 1.58. The number of aromatic nitrogens is 1. The second kappa shape index (κ2) is 13.3. The third-order valence-corrected chi connectivity index (χ3v) is 5.75. The van der Waals surface area contributed by atoms with Crippen molar-refractivity contribution in [1.29, 1.82) is 0 Å². The van der Waals surface area contributed by atoms with Crippen LogP contribution in [0, 0.1) is 0 Å². The molecule has 0 aliphatic rings. The van der Waals surface area contributed by atoms with Gasteiger partial charge in [0.2, 0.25) is 5.91 Å². The Labute approximate surface area is 207 Å². The predicted octanol–water partition coefficient (Wildman–Crippen LogP) is 4.05. The number of nitrogens with two attached hydrogens (primary N) is 1. The Bertz CT molecular complexity index is 1080. The molecule has 0 aliphatic carbocycles. The van der Waals surface area contributed by atoms with Crippen LogP contribution in [0.5, 0.6) is 0 Å². The van der Waals surface area contributed by atoms with E-state index in [0.717, 1.165) is 23.2 Å². The normalized spacial score (nSPS) is 11.3. The highest BCUT2D eigenvalue weighted by molar-refractivity contribution is 7.80. The number of hydrogen-bond donors (Lipinski definition) is 4. The lowest BCUT2D eigenvalue weighted by molar-refractivity contribution is -0.118. The summed E-state index contributed by atoms with van der Waals surface area (Å²) in [5, 5.41) is 10.9. The summed E-state index contributed by atoms with van der Waals surface area (Å²) in [5.74, 6) is -0.354. The molecule has 3 aromatic rings. The lowest BCUT2D eigenvalue weighted by atomic mass is 10.1. The topological polar surface area (TPSA) is 118 Å². The molecule has 1 aromatic heterocycles. The van der Waals surface area contributed by atoms with E-state index in [1.54, 1.807) is 0 Å². The molecule has 2 aromatic carbocycles. The number of carbonyl (C=O) groups excluding carboxylic acids is 2. The fourth-order valence-corrected chi connectivity index (χ4v) is 3.95. The first-order valence-corrected chi connectivity index (χ1v) is 12.1. The summed E-state index contributed by atoms with van der Waals surface area (Å²) in [6, 6.07) is 18.3. The molecule has 1 heterocycles. The molecular formula is C24H27N5O3S2. The molecule has 0 unspecified atom stereocenters. The molecule has 10 heteroatoms. The van der Waals surface area contributed by atoms with Gasteiger partial charge >= 0.3 is 6.09 Å². The highest BCUT2D eigenvalue weighted by Gasteiger charge is 2.22. The fraction of sp³-hybridized carbons (Fsp3) is 0.250. The summed E-state index contributed by atoms with van der Waals surface area (Å²) in [5.41, 5.74) is 8.03. The summed E-state index contributed by atoms with van der Waals surface area (Å²) in [4.78, 5) is 29.8. The molecule has 0 aliphatic heterocycles. The van der Waals surface area contributed by atoms with Crippen molar-refractivity contribution in [2.45, 2.75) is 31.9 Å². The molecule has 178 valence electrons. The average Bonchev–Trinajstić information content (AvgIpc) is 3.31. The van der Waals surface area contributed by atoms with Crippen LogP contribution in [-0.2, 0) is 16.1 Å². The van der Waals surface area contributed by atoms with E-state index in [1.807, 2.05) is 66.0 Å². The van der Waals surface area contributed by atoms with Crippen molar-refractivity contribution in [3.63, 3.8) is 0 Å². The molecule has 0 saturated carbocycles. The van der Waals surface area contributed by atoms with Crippen molar-refractivity contribution >= 4 is 45.8 Å². The Hall–Kier alpha value is -3.50. The first kappa shape index (κ1) is 25.1. The Morgan fingerprint density at radius 3 is 2.47 bits per heavy atom.